The molecular weight excluding hydrogens is 463 g/mol. The number of carbonyl (C=O) groups is 2. The van der Waals surface area contributed by atoms with E-state index in [2.05, 4.69) is 5.32 Å². The molecule has 1 atom stereocenters. The van der Waals surface area contributed by atoms with Crippen LogP contribution >= 0.6 is 35.0 Å². The molecule has 1 aliphatic carbocycles. The quantitative estimate of drug-likeness (QED) is 0.460. The summed E-state index contributed by atoms with van der Waals surface area (Å²) in [6, 6.07) is 14.7. The maximum Gasteiger partial charge on any atom is 0.242 e. The Labute approximate surface area is 205 Å². The van der Waals surface area contributed by atoms with Gasteiger partial charge >= 0.3 is 0 Å². The van der Waals surface area contributed by atoms with Crippen molar-refractivity contribution in [1.29, 1.82) is 0 Å². The third-order valence-electron chi connectivity index (χ3n) is 5.83. The van der Waals surface area contributed by atoms with Crippen molar-refractivity contribution in [2.45, 2.75) is 63.4 Å². The van der Waals surface area contributed by atoms with E-state index in [1.807, 2.05) is 43.3 Å². The summed E-state index contributed by atoms with van der Waals surface area (Å²) in [5.74, 6) is 0.765. The number of amides is 2. The highest BCUT2D eigenvalue weighted by atomic mass is 35.5. The van der Waals surface area contributed by atoms with Crippen LogP contribution in [0.1, 0.15) is 50.2 Å². The van der Waals surface area contributed by atoms with Crippen molar-refractivity contribution < 1.29 is 9.59 Å². The summed E-state index contributed by atoms with van der Waals surface area (Å²) >= 11 is 13.8. The van der Waals surface area contributed by atoms with Crippen LogP contribution in [0.3, 0.4) is 0 Å². The molecular formula is C25H30Cl2N2O2S. The van der Waals surface area contributed by atoms with Gasteiger partial charge in [0, 0.05) is 28.4 Å². The lowest BCUT2D eigenvalue weighted by Gasteiger charge is -2.31. The normalized spacial score (nSPS) is 15.2. The number of halogens is 2. The van der Waals surface area contributed by atoms with E-state index in [0.717, 1.165) is 36.8 Å². The highest BCUT2D eigenvalue weighted by Crippen LogP contribution is 2.22. The monoisotopic (exact) mass is 492 g/mol. The van der Waals surface area contributed by atoms with E-state index in [-0.39, 0.29) is 23.6 Å². The average molecular weight is 494 g/mol. The molecule has 0 aromatic heterocycles. The standard InChI is InChI=1S/C25H30Cl2N2O2S/c1-18(25(31)28-22-8-3-2-4-9-22)29(15-19-11-13-21(26)14-12-19)24(30)17-32-16-20-7-5-6-10-23(20)27/h5-7,10-14,18,22H,2-4,8-9,15-17H2,1H3,(H,28,31)/t18-/m1/s1. The maximum atomic E-state index is 13.2. The largest absolute Gasteiger partial charge is 0.352 e. The number of nitrogens with zero attached hydrogens (tertiary/aromatic N) is 1. The number of hydrogen-bond acceptors (Lipinski definition) is 3. The fourth-order valence-corrected chi connectivity index (χ4v) is 5.21. The van der Waals surface area contributed by atoms with Crippen molar-refractivity contribution >= 4 is 46.8 Å². The van der Waals surface area contributed by atoms with Crippen LogP contribution in [-0.2, 0) is 21.9 Å². The molecule has 1 N–H and O–H groups in total. The maximum absolute atomic E-state index is 13.2. The highest BCUT2D eigenvalue weighted by Gasteiger charge is 2.28. The molecule has 2 aromatic carbocycles. The van der Waals surface area contributed by atoms with E-state index in [4.69, 9.17) is 23.2 Å². The van der Waals surface area contributed by atoms with Gasteiger partial charge in [-0.3, -0.25) is 9.59 Å². The lowest BCUT2D eigenvalue weighted by atomic mass is 9.95. The number of benzene rings is 2. The molecule has 172 valence electrons. The minimum Gasteiger partial charge on any atom is -0.352 e. The molecule has 0 heterocycles. The van der Waals surface area contributed by atoms with E-state index >= 15 is 0 Å². The van der Waals surface area contributed by atoms with Crippen LogP contribution in [0.2, 0.25) is 10.0 Å². The van der Waals surface area contributed by atoms with Crippen LogP contribution in [0.5, 0.6) is 0 Å². The first-order valence-corrected chi connectivity index (χ1v) is 13.0. The Morgan fingerprint density at radius 2 is 1.75 bits per heavy atom. The molecule has 4 nitrogen and oxygen atoms in total. The molecule has 0 bridgehead atoms. The zero-order valence-electron chi connectivity index (χ0n) is 18.4. The molecule has 0 spiro atoms. The predicted octanol–water partition coefficient (Wildman–Crippen LogP) is 6.09. The first-order chi connectivity index (χ1) is 15.4. The molecule has 7 heteroatoms. The van der Waals surface area contributed by atoms with E-state index in [1.54, 1.807) is 17.0 Å². The summed E-state index contributed by atoms with van der Waals surface area (Å²) in [7, 11) is 0. The first-order valence-electron chi connectivity index (χ1n) is 11.1. The van der Waals surface area contributed by atoms with E-state index in [1.165, 1.54) is 18.2 Å². The third kappa shape index (κ3) is 7.43. The van der Waals surface area contributed by atoms with Gasteiger partial charge in [0.1, 0.15) is 6.04 Å². The number of thioether (sulfide) groups is 1. The second-order valence-corrected chi connectivity index (χ2v) is 10.1. The Morgan fingerprint density at radius 3 is 2.44 bits per heavy atom. The molecule has 0 aliphatic heterocycles. The lowest BCUT2D eigenvalue weighted by molar-refractivity contribution is -0.139. The lowest BCUT2D eigenvalue weighted by Crippen LogP contribution is -2.50. The molecule has 0 saturated heterocycles. The van der Waals surface area contributed by atoms with Crippen molar-refractivity contribution in [3.05, 3.63) is 69.7 Å². The Balaban J connectivity index is 1.65. The van der Waals surface area contributed by atoms with Gasteiger partial charge in [-0.2, -0.15) is 0 Å². The smallest absolute Gasteiger partial charge is 0.242 e. The zero-order chi connectivity index (χ0) is 22.9. The van der Waals surface area contributed by atoms with E-state index in [0.29, 0.717) is 22.3 Å². The van der Waals surface area contributed by atoms with Gasteiger partial charge in [0.25, 0.3) is 0 Å². The summed E-state index contributed by atoms with van der Waals surface area (Å²) < 4.78 is 0. The molecule has 1 aliphatic rings. The Hall–Kier alpha value is -1.69. The minimum atomic E-state index is -0.555. The van der Waals surface area contributed by atoms with Gasteiger partial charge < -0.3 is 10.2 Å². The van der Waals surface area contributed by atoms with Crippen LogP contribution in [0.15, 0.2) is 48.5 Å². The van der Waals surface area contributed by atoms with Gasteiger partial charge in [0.2, 0.25) is 11.8 Å². The molecule has 2 amide bonds. The van der Waals surface area contributed by atoms with Gasteiger partial charge in [-0.1, -0.05) is 72.8 Å². The second kappa shape index (κ2) is 12.5. The van der Waals surface area contributed by atoms with Gasteiger partial charge in [-0.25, -0.2) is 0 Å². The number of carbonyl (C=O) groups excluding carboxylic acids is 2. The molecule has 3 rings (SSSR count). The van der Waals surface area contributed by atoms with Crippen molar-refractivity contribution in [3.63, 3.8) is 0 Å². The molecule has 1 saturated carbocycles. The zero-order valence-corrected chi connectivity index (χ0v) is 20.7. The van der Waals surface area contributed by atoms with E-state index < -0.39 is 6.04 Å². The minimum absolute atomic E-state index is 0.0664. The molecule has 0 radical (unpaired) electrons. The molecule has 32 heavy (non-hydrogen) atoms. The van der Waals surface area contributed by atoms with Crippen molar-refractivity contribution in [1.82, 2.24) is 10.2 Å². The van der Waals surface area contributed by atoms with Crippen LogP contribution in [0.25, 0.3) is 0 Å². The van der Waals surface area contributed by atoms with Crippen LogP contribution in [0, 0.1) is 0 Å². The Morgan fingerprint density at radius 1 is 1.06 bits per heavy atom. The summed E-state index contributed by atoms with van der Waals surface area (Å²) in [5.41, 5.74) is 1.94. The number of hydrogen-bond donors (Lipinski definition) is 1. The number of rotatable bonds is 9. The van der Waals surface area contributed by atoms with Crippen molar-refractivity contribution in [3.8, 4) is 0 Å². The fourth-order valence-electron chi connectivity index (χ4n) is 3.88. The Kier molecular flexibility index (Phi) is 9.76. The number of nitrogens with one attached hydrogen (secondary N) is 1. The van der Waals surface area contributed by atoms with Gasteiger partial charge in [0.15, 0.2) is 0 Å². The van der Waals surface area contributed by atoms with Crippen molar-refractivity contribution in [2.75, 3.05) is 5.75 Å². The predicted molar refractivity (Wildman–Crippen MR) is 134 cm³/mol. The topological polar surface area (TPSA) is 49.4 Å². The summed E-state index contributed by atoms with van der Waals surface area (Å²) in [4.78, 5) is 27.9. The molecule has 0 unspecified atom stereocenters. The first kappa shape index (κ1) is 24.9. The second-order valence-electron chi connectivity index (χ2n) is 8.25. The van der Waals surface area contributed by atoms with Crippen LogP contribution in [-0.4, -0.2) is 34.6 Å². The summed E-state index contributed by atoms with van der Waals surface area (Å²) in [5, 5.41) is 4.50. The molecule has 2 aromatic rings. The van der Waals surface area contributed by atoms with Crippen molar-refractivity contribution in [2.24, 2.45) is 0 Å². The van der Waals surface area contributed by atoms with E-state index in [9.17, 15) is 9.59 Å². The molecule has 1 fully saturated rings. The SMILES string of the molecule is C[C@H](C(=O)NC1CCCCC1)N(Cc1ccc(Cl)cc1)C(=O)CSCc1ccccc1Cl. The Bertz CT molecular complexity index is 901. The average Bonchev–Trinajstić information content (AvgIpc) is 2.80. The van der Waals surface area contributed by atoms with Crippen LogP contribution in [0.4, 0.5) is 0 Å². The summed E-state index contributed by atoms with van der Waals surface area (Å²) in [6.45, 7) is 2.17. The third-order valence-corrected chi connectivity index (χ3v) is 7.41. The van der Waals surface area contributed by atoms with Gasteiger partial charge in [-0.15, -0.1) is 11.8 Å². The highest BCUT2D eigenvalue weighted by molar-refractivity contribution is 7.99. The fraction of sp³-hybridized carbons (Fsp3) is 0.440. The summed E-state index contributed by atoms with van der Waals surface area (Å²) in [6.07, 6.45) is 5.54. The van der Waals surface area contributed by atoms with Gasteiger partial charge in [-0.05, 0) is 49.1 Å². The van der Waals surface area contributed by atoms with Gasteiger partial charge in [0.05, 0.1) is 5.75 Å². The van der Waals surface area contributed by atoms with Crippen LogP contribution < -0.4 is 5.32 Å².